The molecular weight excluding hydrogens is 272 g/mol. The number of hydrogen-bond acceptors (Lipinski definition) is 4. The maximum absolute atomic E-state index is 9.91. The van der Waals surface area contributed by atoms with Crippen molar-refractivity contribution in [2.24, 2.45) is 16.6 Å². The fourth-order valence-electron chi connectivity index (χ4n) is 4.86. The van der Waals surface area contributed by atoms with E-state index in [1.54, 1.807) is 0 Å². The zero-order valence-electron chi connectivity index (χ0n) is 12.8. The summed E-state index contributed by atoms with van der Waals surface area (Å²) >= 11 is 0. The Bertz CT molecular complexity index is 670. The molecular formula is C18H20N4. The van der Waals surface area contributed by atoms with Crippen LogP contribution in [0.4, 0.5) is 0 Å². The smallest absolute Gasteiger partial charge is 0.193 e. The van der Waals surface area contributed by atoms with Crippen LogP contribution in [-0.2, 0) is 0 Å². The van der Waals surface area contributed by atoms with Gasteiger partial charge in [0.1, 0.15) is 6.07 Å². The van der Waals surface area contributed by atoms with Crippen LogP contribution < -0.4 is 5.73 Å². The Hall–Kier alpha value is -2.25. The Morgan fingerprint density at radius 3 is 2.09 bits per heavy atom. The van der Waals surface area contributed by atoms with Crippen LogP contribution in [0.1, 0.15) is 57.8 Å². The lowest BCUT2D eigenvalue weighted by Gasteiger charge is -2.51. The number of nitriles is 3. The summed E-state index contributed by atoms with van der Waals surface area (Å²) in [6.45, 7) is 0. The summed E-state index contributed by atoms with van der Waals surface area (Å²) < 4.78 is 0. The van der Waals surface area contributed by atoms with Crippen LogP contribution in [-0.4, -0.2) is 0 Å². The number of nitrogens with zero attached hydrogens (tertiary/aromatic N) is 3. The second kappa shape index (κ2) is 5.19. The topological polar surface area (TPSA) is 97.4 Å². The van der Waals surface area contributed by atoms with E-state index in [1.165, 1.54) is 5.57 Å². The molecule has 1 spiro atoms. The maximum atomic E-state index is 9.91. The van der Waals surface area contributed by atoms with Crippen molar-refractivity contribution in [1.82, 2.24) is 0 Å². The molecule has 0 atom stereocenters. The first kappa shape index (κ1) is 14.7. The fraction of sp³-hybridized carbons (Fsp3) is 0.611. The largest absolute Gasteiger partial charge is 0.399 e. The summed E-state index contributed by atoms with van der Waals surface area (Å²) in [5.41, 5.74) is 7.32. The molecule has 4 heteroatoms. The van der Waals surface area contributed by atoms with Crippen molar-refractivity contribution in [3.63, 3.8) is 0 Å². The Balaban J connectivity index is 2.34. The molecule has 3 rings (SSSR count). The van der Waals surface area contributed by atoms with Crippen LogP contribution >= 0.6 is 0 Å². The molecule has 0 amide bonds. The molecule has 0 radical (unpaired) electrons. The Labute approximate surface area is 131 Å². The minimum absolute atomic E-state index is 0.211. The van der Waals surface area contributed by atoms with Gasteiger partial charge in [-0.2, -0.15) is 15.8 Å². The Morgan fingerprint density at radius 1 is 0.864 bits per heavy atom. The average Bonchev–Trinajstić information content (AvgIpc) is 2.58. The molecule has 3 aliphatic rings. The van der Waals surface area contributed by atoms with Crippen LogP contribution in [0.25, 0.3) is 0 Å². The van der Waals surface area contributed by atoms with Crippen LogP contribution in [0.5, 0.6) is 0 Å². The van der Waals surface area contributed by atoms with Crippen molar-refractivity contribution in [2.75, 3.05) is 0 Å². The average molecular weight is 292 g/mol. The molecule has 3 aliphatic carbocycles. The van der Waals surface area contributed by atoms with Crippen LogP contribution in [0.2, 0.25) is 0 Å². The zero-order valence-corrected chi connectivity index (χ0v) is 12.8. The van der Waals surface area contributed by atoms with Gasteiger partial charge in [-0.15, -0.1) is 0 Å². The number of nitrogens with two attached hydrogens (primary N) is 1. The van der Waals surface area contributed by atoms with Gasteiger partial charge < -0.3 is 5.73 Å². The molecule has 1 saturated carbocycles. The van der Waals surface area contributed by atoms with Gasteiger partial charge in [0.15, 0.2) is 5.41 Å². The van der Waals surface area contributed by atoms with Gasteiger partial charge in [-0.1, -0.05) is 24.8 Å². The molecule has 0 bridgehead atoms. The first-order valence-electron chi connectivity index (χ1n) is 8.12. The normalized spacial score (nSPS) is 25.9. The van der Waals surface area contributed by atoms with Gasteiger partial charge in [-0.25, -0.2) is 0 Å². The van der Waals surface area contributed by atoms with Gasteiger partial charge in [-0.05, 0) is 44.1 Å². The summed E-state index contributed by atoms with van der Waals surface area (Å²) in [5.74, 6) is 0. The van der Waals surface area contributed by atoms with Gasteiger partial charge in [0.25, 0.3) is 0 Å². The zero-order chi connectivity index (χ0) is 15.8. The second-order valence-corrected chi connectivity index (χ2v) is 6.68. The molecule has 22 heavy (non-hydrogen) atoms. The first-order valence-corrected chi connectivity index (χ1v) is 8.12. The van der Waals surface area contributed by atoms with Crippen LogP contribution in [0, 0.1) is 44.8 Å². The summed E-state index contributed by atoms with van der Waals surface area (Å²) in [4.78, 5) is 0. The molecule has 0 aromatic heterocycles. The summed E-state index contributed by atoms with van der Waals surface area (Å²) in [7, 11) is 0. The van der Waals surface area contributed by atoms with E-state index in [4.69, 9.17) is 5.73 Å². The Morgan fingerprint density at radius 2 is 1.50 bits per heavy atom. The van der Waals surface area contributed by atoms with Crippen molar-refractivity contribution in [2.45, 2.75) is 57.8 Å². The van der Waals surface area contributed by atoms with Crippen molar-refractivity contribution >= 4 is 0 Å². The molecule has 0 saturated heterocycles. The van der Waals surface area contributed by atoms with Crippen LogP contribution in [0.3, 0.4) is 0 Å². The summed E-state index contributed by atoms with van der Waals surface area (Å²) in [5, 5.41) is 29.4. The van der Waals surface area contributed by atoms with E-state index < -0.39 is 10.8 Å². The molecule has 0 unspecified atom stereocenters. The van der Waals surface area contributed by atoms with Crippen LogP contribution in [0.15, 0.2) is 22.4 Å². The molecule has 0 heterocycles. The number of rotatable bonds is 0. The SMILES string of the molecule is N#CC1=C(N)C(C#N)(C#N)C2(CCCCC2)C2=C1CCCC2. The molecule has 2 N–H and O–H groups in total. The van der Waals surface area contributed by atoms with Crippen molar-refractivity contribution in [1.29, 1.82) is 15.8 Å². The highest BCUT2D eigenvalue weighted by Crippen LogP contribution is 2.63. The van der Waals surface area contributed by atoms with Gasteiger partial charge >= 0.3 is 0 Å². The lowest BCUT2D eigenvalue weighted by molar-refractivity contribution is 0.136. The summed E-state index contributed by atoms with van der Waals surface area (Å²) in [6, 6.07) is 6.68. The number of fused-ring (bicyclic) bond motifs is 1. The fourth-order valence-corrected chi connectivity index (χ4v) is 4.86. The first-order chi connectivity index (χ1) is 10.7. The Kier molecular flexibility index (Phi) is 3.46. The third kappa shape index (κ3) is 1.60. The molecule has 0 aromatic carbocycles. The van der Waals surface area contributed by atoms with Gasteiger partial charge in [-0.3, -0.25) is 0 Å². The maximum Gasteiger partial charge on any atom is 0.193 e. The van der Waals surface area contributed by atoms with Crippen molar-refractivity contribution in [3.05, 3.63) is 22.4 Å². The second-order valence-electron chi connectivity index (χ2n) is 6.68. The lowest BCUT2D eigenvalue weighted by atomic mass is 9.48. The minimum atomic E-state index is -1.37. The van der Waals surface area contributed by atoms with E-state index in [9.17, 15) is 15.8 Å². The van der Waals surface area contributed by atoms with Gasteiger partial charge in [0, 0.05) is 5.41 Å². The number of allylic oxidation sites excluding steroid dienone is 4. The molecule has 1 fully saturated rings. The third-order valence-electron chi connectivity index (χ3n) is 5.89. The van der Waals surface area contributed by atoms with E-state index in [-0.39, 0.29) is 5.70 Å². The van der Waals surface area contributed by atoms with E-state index in [1.807, 2.05) is 0 Å². The predicted octanol–water partition coefficient (Wildman–Crippen LogP) is 3.59. The van der Waals surface area contributed by atoms with E-state index in [0.29, 0.717) is 5.57 Å². The van der Waals surface area contributed by atoms with Gasteiger partial charge in [0.05, 0.1) is 23.4 Å². The molecule has 112 valence electrons. The minimum Gasteiger partial charge on any atom is -0.399 e. The molecule has 0 aliphatic heterocycles. The molecule has 0 aromatic rings. The quantitative estimate of drug-likeness (QED) is 0.737. The third-order valence-corrected chi connectivity index (χ3v) is 5.89. The predicted molar refractivity (Wildman–Crippen MR) is 81.5 cm³/mol. The highest BCUT2D eigenvalue weighted by molar-refractivity contribution is 5.60. The highest BCUT2D eigenvalue weighted by Gasteiger charge is 2.60. The van der Waals surface area contributed by atoms with E-state index in [2.05, 4.69) is 18.2 Å². The summed E-state index contributed by atoms with van der Waals surface area (Å²) in [6.07, 6.45) is 8.76. The van der Waals surface area contributed by atoms with Gasteiger partial charge in [0.2, 0.25) is 0 Å². The highest BCUT2D eigenvalue weighted by atomic mass is 14.7. The van der Waals surface area contributed by atoms with E-state index in [0.717, 1.165) is 63.4 Å². The molecule has 4 nitrogen and oxygen atoms in total. The van der Waals surface area contributed by atoms with E-state index >= 15 is 0 Å². The van der Waals surface area contributed by atoms with Crippen molar-refractivity contribution < 1.29 is 0 Å². The number of hydrogen-bond donors (Lipinski definition) is 1. The standard InChI is InChI=1S/C18H20N4/c19-10-14-13-6-2-3-7-15(13)17(8-4-1-5-9-17)18(11-20,12-21)16(14)22/h1-9,22H2. The lowest BCUT2D eigenvalue weighted by Crippen LogP contribution is -2.50. The monoisotopic (exact) mass is 292 g/mol. The van der Waals surface area contributed by atoms with Crippen molar-refractivity contribution in [3.8, 4) is 18.2 Å².